The largest absolute Gasteiger partial charge is 0.497 e. The molecule has 1 aliphatic heterocycles. The number of nitrogens with zero attached hydrogens (tertiary/aromatic N) is 2. The van der Waals surface area contributed by atoms with E-state index in [0.29, 0.717) is 11.8 Å². The summed E-state index contributed by atoms with van der Waals surface area (Å²) in [6.07, 6.45) is 10.9. The molecule has 2 heterocycles. The van der Waals surface area contributed by atoms with Crippen LogP contribution in [-0.4, -0.2) is 59.7 Å². The zero-order valence-corrected chi connectivity index (χ0v) is 19.7. The molecule has 1 saturated heterocycles. The van der Waals surface area contributed by atoms with E-state index in [0.717, 1.165) is 56.6 Å². The number of piperidine rings is 1. The average Bonchev–Trinajstić information content (AvgIpc) is 2.78. The van der Waals surface area contributed by atoms with E-state index in [9.17, 15) is 9.90 Å². The summed E-state index contributed by atoms with van der Waals surface area (Å²) in [5.41, 5.74) is 2.33. The lowest BCUT2D eigenvalue weighted by Gasteiger charge is -2.39. The maximum Gasteiger partial charge on any atom is 0.303 e. The molecule has 31 heavy (non-hydrogen) atoms. The molecule has 3 rings (SSSR count). The van der Waals surface area contributed by atoms with Gasteiger partial charge in [0.1, 0.15) is 5.75 Å². The van der Waals surface area contributed by atoms with Gasteiger partial charge in [-0.3, -0.25) is 9.78 Å². The molecule has 0 amide bonds. The van der Waals surface area contributed by atoms with Gasteiger partial charge in [0.2, 0.25) is 0 Å². The Bertz CT molecular complexity index is 845. The fourth-order valence-corrected chi connectivity index (χ4v) is 5.31. The number of rotatable bonds is 12. The van der Waals surface area contributed by atoms with Gasteiger partial charge in [0.15, 0.2) is 0 Å². The van der Waals surface area contributed by atoms with Crippen LogP contribution in [0, 0.1) is 11.8 Å². The van der Waals surface area contributed by atoms with E-state index < -0.39 is 5.97 Å². The second-order valence-corrected chi connectivity index (χ2v) is 9.62. The van der Waals surface area contributed by atoms with E-state index in [1.807, 2.05) is 30.1 Å². The number of aryl methyl sites for hydroxylation is 1. The first-order valence-electron chi connectivity index (χ1n) is 11.5. The molecule has 170 valence electrons. The van der Waals surface area contributed by atoms with Crippen molar-refractivity contribution in [1.82, 2.24) is 9.88 Å². The van der Waals surface area contributed by atoms with Crippen molar-refractivity contribution >= 4 is 28.6 Å². The summed E-state index contributed by atoms with van der Waals surface area (Å²) >= 11 is 1.90. The summed E-state index contributed by atoms with van der Waals surface area (Å²) < 4.78 is 5.40. The highest BCUT2D eigenvalue weighted by Gasteiger charge is 2.29. The number of thioether (sulfide) groups is 1. The molecule has 0 radical (unpaired) electrons. The number of hydrogen-bond donors (Lipinski definition) is 1. The molecule has 1 aromatic carbocycles. The third-order valence-electron chi connectivity index (χ3n) is 6.59. The zero-order chi connectivity index (χ0) is 22.1. The Morgan fingerprint density at radius 1 is 1.26 bits per heavy atom. The van der Waals surface area contributed by atoms with Crippen LogP contribution in [0.15, 0.2) is 30.5 Å². The molecule has 0 aliphatic carbocycles. The number of fused-ring (bicyclic) bond motifs is 1. The minimum atomic E-state index is -0.671. The van der Waals surface area contributed by atoms with Gasteiger partial charge in [-0.1, -0.05) is 0 Å². The molecule has 0 bridgehead atoms. The van der Waals surface area contributed by atoms with Gasteiger partial charge in [0.05, 0.1) is 12.6 Å². The van der Waals surface area contributed by atoms with Crippen molar-refractivity contribution in [2.24, 2.45) is 11.8 Å². The third kappa shape index (κ3) is 7.11. The van der Waals surface area contributed by atoms with Crippen molar-refractivity contribution in [3.63, 3.8) is 0 Å². The molecule has 2 aromatic rings. The van der Waals surface area contributed by atoms with E-state index in [-0.39, 0.29) is 6.42 Å². The normalized spacial score (nSPS) is 19.5. The quantitative estimate of drug-likeness (QED) is 0.458. The first-order valence-corrected chi connectivity index (χ1v) is 12.8. The van der Waals surface area contributed by atoms with E-state index in [1.165, 1.54) is 29.5 Å². The zero-order valence-electron chi connectivity index (χ0n) is 18.9. The summed E-state index contributed by atoms with van der Waals surface area (Å²) in [5, 5.41) is 10.4. The van der Waals surface area contributed by atoms with Crippen LogP contribution >= 0.6 is 11.8 Å². The third-order valence-corrected chi connectivity index (χ3v) is 7.28. The van der Waals surface area contributed by atoms with Crippen LogP contribution in [0.1, 0.15) is 44.1 Å². The Labute approximate surface area is 190 Å². The van der Waals surface area contributed by atoms with Gasteiger partial charge >= 0.3 is 5.97 Å². The number of aromatic nitrogens is 1. The number of likely N-dealkylation sites (tertiary alicyclic amines) is 1. The Balaban J connectivity index is 1.58. The number of benzene rings is 1. The van der Waals surface area contributed by atoms with Gasteiger partial charge in [-0.15, -0.1) is 0 Å². The standard InChI is InChI=1S/C25H36N2O3S/c1-30-22-8-9-24-23(17-22)20(11-13-26-24)6-3-5-19-12-15-27(14-4-16-31-2)18-21(19)7-10-25(28)29/h8-9,11,13,17,19,21H,3-7,10,12,14-16,18H2,1-2H3,(H,28,29). The molecule has 6 heteroatoms. The van der Waals surface area contributed by atoms with Crippen molar-refractivity contribution < 1.29 is 14.6 Å². The fraction of sp³-hybridized carbons (Fsp3) is 0.600. The van der Waals surface area contributed by atoms with Crippen LogP contribution in [-0.2, 0) is 11.2 Å². The van der Waals surface area contributed by atoms with E-state index >= 15 is 0 Å². The van der Waals surface area contributed by atoms with Gasteiger partial charge in [0, 0.05) is 24.5 Å². The molecular weight excluding hydrogens is 408 g/mol. The van der Waals surface area contributed by atoms with E-state index in [4.69, 9.17) is 4.74 Å². The van der Waals surface area contributed by atoms with Gasteiger partial charge in [-0.05, 0) is 105 Å². The van der Waals surface area contributed by atoms with Gasteiger partial charge in [-0.2, -0.15) is 11.8 Å². The summed E-state index contributed by atoms with van der Waals surface area (Å²) in [5.74, 6) is 2.51. The molecule has 0 spiro atoms. The lowest BCUT2D eigenvalue weighted by Crippen LogP contribution is -2.41. The first kappa shape index (κ1) is 23.9. The Hall–Kier alpha value is -1.79. The Morgan fingerprint density at radius 3 is 2.90 bits per heavy atom. The number of aliphatic carboxylic acids is 1. The summed E-state index contributed by atoms with van der Waals surface area (Å²) in [4.78, 5) is 18.2. The molecule has 1 fully saturated rings. The predicted molar refractivity (Wildman–Crippen MR) is 129 cm³/mol. The highest BCUT2D eigenvalue weighted by molar-refractivity contribution is 7.98. The summed E-state index contributed by atoms with van der Waals surface area (Å²) in [6.45, 7) is 3.35. The predicted octanol–water partition coefficient (Wildman–Crippen LogP) is 5.12. The van der Waals surface area contributed by atoms with Crippen molar-refractivity contribution in [1.29, 1.82) is 0 Å². The van der Waals surface area contributed by atoms with Crippen LogP contribution in [0.3, 0.4) is 0 Å². The SMILES string of the molecule is COc1ccc2nccc(CCCC3CCN(CCCSC)CC3CCC(=O)O)c2c1. The number of carbonyl (C=O) groups is 1. The summed E-state index contributed by atoms with van der Waals surface area (Å²) in [7, 11) is 1.70. The van der Waals surface area contributed by atoms with Crippen molar-refractivity contribution in [3.05, 3.63) is 36.0 Å². The molecule has 5 nitrogen and oxygen atoms in total. The molecule has 2 unspecified atom stereocenters. The molecule has 0 saturated carbocycles. The van der Waals surface area contributed by atoms with Crippen molar-refractivity contribution in [3.8, 4) is 5.75 Å². The number of pyridine rings is 1. The highest BCUT2D eigenvalue weighted by Crippen LogP contribution is 2.32. The van der Waals surface area contributed by atoms with Crippen LogP contribution in [0.5, 0.6) is 5.75 Å². The lowest BCUT2D eigenvalue weighted by molar-refractivity contribution is -0.137. The van der Waals surface area contributed by atoms with Crippen LogP contribution < -0.4 is 4.74 Å². The molecule has 2 atom stereocenters. The number of carboxylic acid groups (broad SMARTS) is 1. The molecular formula is C25H36N2O3S. The van der Waals surface area contributed by atoms with Gasteiger partial charge in [-0.25, -0.2) is 0 Å². The first-order chi connectivity index (χ1) is 15.1. The average molecular weight is 445 g/mol. The number of ether oxygens (including phenoxy) is 1. The van der Waals surface area contributed by atoms with Gasteiger partial charge in [0.25, 0.3) is 0 Å². The lowest BCUT2D eigenvalue weighted by atomic mass is 9.79. The monoisotopic (exact) mass is 444 g/mol. The number of carboxylic acids is 1. The number of hydrogen-bond acceptors (Lipinski definition) is 5. The fourth-order valence-electron chi connectivity index (χ4n) is 4.89. The smallest absolute Gasteiger partial charge is 0.303 e. The molecule has 1 aromatic heterocycles. The Kier molecular flexibility index (Phi) is 9.47. The minimum absolute atomic E-state index is 0.286. The highest BCUT2D eigenvalue weighted by atomic mass is 32.2. The van der Waals surface area contributed by atoms with E-state index in [2.05, 4.69) is 28.3 Å². The maximum atomic E-state index is 11.2. The number of methoxy groups -OCH3 is 1. The second kappa shape index (κ2) is 12.3. The topological polar surface area (TPSA) is 62.7 Å². The van der Waals surface area contributed by atoms with Crippen LogP contribution in [0.4, 0.5) is 0 Å². The van der Waals surface area contributed by atoms with Crippen LogP contribution in [0.25, 0.3) is 10.9 Å². The second-order valence-electron chi connectivity index (χ2n) is 8.63. The summed E-state index contributed by atoms with van der Waals surface area (Å²) in [6, 6.07) is 8.18. The molecule has 1 N–H and O–H groups in total. The van der Waals surface area contributed by atoms with Gasteiger partial charge < -0.3 is 14.7 Å². The van der Waals surface area contributed by atoms with Crippen molar-refractivity contribution in [2.75, 3.05) is 38.8 Å². The minimum Gasteiger partial charge on any atom is -0.497 e. The maximum absolute atomic E-state index is 11.2. The van der Waals surface area contributed by atoms with E-state index in [1.54, 1.807) is 7.11 Å². The Morgan fingerprint density at radius 2 is 2.13 bits per heavy atom. The van der Waals surface area contributed by atoms with Crippen LogP contribution in [0.2, 0.25) is 0 Å². The van der Waals surface area contributed by atoms with Crippen molar-refractivity contribution in [2.45, 2.75) is 44.9 Å². The molecule has 1 aliphatic rings.